The molecular formula is C88H95N13O20. The molecule has 4 aromatic heterocycles. The first-order valence-corrected chi connectivity index (χ1v) is 37.9. The van der Waals surface area contributed by atoms with Crippen LogP contribution in [0.15, 0.2) is 196 Å². The minimum absolute atomic E-state index is 0. The molecule has 13 rings (SSSR count). The second-order valence-corrected chi connectivity index (χ2v) is 25.5. The minimum Gasteiger partial charge on any atom is -0.394 e. The van der Waals surface area contributed by atoms with E-state index in [1.165, 1.54) is 24.3 Å². The van der Waals surface area contributed by atoms with Crippen LogP contribution in [0.25, 0.3) is 86.6 Å². The molecule has 0 radical (unpaired) electrons. The van der Waals surface area contributed by atoms with E-state index in [0.717, 1.165) is 66.4 Å². The van der Waals surface area contributed by atoms with Gasteiger partial charge in [0.2, 0.25) is 0 Å². The van der Waals surface area contributed by atoms with Gasteiger partial charge in [-0.25, -0.2) is 0 Å². The van der Waals surface area contributed by atoms with Crippen LogP contribution in [0.4, 0.5) is 34.1 Å². The maximum absolute atomic E-state index is 11.3. The highest BCUT2D eigenvalue weighted by Crippen LogP contribution is 2.32. The number of hydrogen-bond donors (Lipinski definition) is 16. The van der Waals surface area contributed by atoms with Crippen molar-refractivity contribution in [2.24, 2.45) is 0 Å². The standard InChI is InChI=1S/3C18H26N2O4.C13H5N3.2C10H4N2O4.CH4/c3*21-9-13-23-11-7-19-17-5-1-3-15-16(17)4-2-6-18(15)20-8-12-24-14-10-22;1-2-10(7-14)11-3-5-12(6-4-11)13(8-15)9-16;2*13-7-3-1-4-6(10(16)12-8(4)14)2-5(3)9(15)11-7;/h3*1-6,19-22H,7-14H2;1,3-6H;2*1-2H,(H,11,13,15)(H,12,14,16);1H4. The van der Waals surface area contributed by atoms with Gasteiger partial charge in [-0.3, -0.25) is 58.3 Å². The van der Waals surface area contributed by atoms with E-state index in [1.54, 1.807) is 36.4 Å². The third-order valence-electron chi connectivity index (χ3n) is 17.7. The van der Waals surface area contributed by atoms with E-state index in [4.69, 9.17) is 81.3 Å². The number of hydrogen-bond acceptors (Lipinski definition) is 29. The van der Waals surface area contributed by atoms with Crippen LogP contribution in [-0.2, 0) is 28.4 Å². The number of nitrogens with zero attached hydrogens (tertiary/aromatic N) is 3. The SMILES string of the molecule is C.C#CC(C#N)=c1ccc(=C(C#N)C#N)cc1.O=c1[nH]c(=O)c2cc3c(=O)[nH]c(=O)c3cc12.O=c1[nH]c(=O)c2cc3c(=O)[nH]c(=O)c3cc12.OCCOCCNc1cccc2c(NCCOCCO)cccc12.OCCOCCNc1cccc2c(NCCOCCO)cccc12.OCCOCCNc1cccc2c(NCCOCCO)cccc12. The Labute approximate surface area is 691 Å². The number of aliphatic hydroxyl groups is 6. The van der Waals surface area contributed by atoms with Crippen molar-refractivity contribution in [1.82, 2.24) is 19.9 Å². The van der Waals surface area contributed by atoms with Crippen molar-refractivity contribution in [3.05, 3.63) is 251 Å². The smallest absolute Gasteiger partial charge is 0.258 e. The van der Waals surface area contributed by atoms with Crippen molar-refractivity contribution in [2.75, 3.05) is 190 Å². The van der Waals surface area contributed by atoms with Gasteiger partial charge in [-0.1, -0.05) is 110 Å². The van der Waals surface area contributed by atoms with Gasteiger partial charge in [0.15, 0.2) is 0 Å². The Morgan fingerprint density at radius 3 is 0.603 bits per heavy atom. The quantitative estimate of drug-likeness (QED) is 0.0196. The first kappa shape index (κ1) is 94.6. The number of fused-ring (bicyclic) bond motifs is 7. The molecule has 4 heterocycles. The molecule has 0 saturated carbocycles. The fourth-order valence-corrected chi connectivity index (χ4v) is 12.2. The molecule has 0 amide bonds. The predicted molar refractivity (Wildman–Crippen MR) is 470 cm³/mol. The molecule has 632 valence electrons. The summed E-state index contributed by atoms with van der Waals surface area (Å²) in [7, 11) is 0. The highest BCUT2D eigenvalue weighted by atomic mass is 16.5. The first-order chi connectivity index (χ1) is 58.5. The Hall–Kier alpha value is -13.6. The molecule has 33 nitrogen and oxygen atoms in total. The van der Waals surface area contributed by atoms with Crippen molar-refractivity contribution in [3.63, 3.8) is 0 Å². The van der Waals surface area contributed by atoms with Crippen LogP contribution < -0.4 is 86.8 Å². The largest absolute Gasteiger partial charge is 0.394 e. The summed E-state index contributed by atoms with van der Waals surface area (Å²) >= 11 is 0. The molecule has 0 saturated heterocycles. The lowest BCUT2D eigenvalue weighted by Crippen LogP contribution is -2.12. The van der Waals surface area contributed by atoms with E-state index in [0.29, 0.717) is 129 Å². The summed E-state index contributed by atoms with van der Waals surface area (Å²) in [5, 5.41) is 107. The molecule has 121 heavy (non-hydrogen) atoms. The van der Waals surface area contributed by atoms with Crippen LogP contribution in [0.2, 0.25) is 0 Å². The lowest BCUT2D eigenvalue weighted by atomic mass is 10.1. The van der Waals surface area contributed by atoms with Gasteiger partial charge in [-0.05, 0) is 60.7 Å². The fourth-order valence-electron chi connectivity index (χ4n) is 12.2. The molecule has 0 unspecified atom stereocenters. The van der Waals surface area contributed by atoms with Crippen LogP contribution in [0, 0.1) is 46.3 Å². The summed E-state index contributed by atoms with van der Waals surface area (Å²) < 4.78 is 31.6. The van der Waals surface area contributed by atoms with Crippen LogP contribution in [0.5, 0.6) is 0 Å². The number of nitriles is 3. The second-order valence-electron chi connectivity index (χ2n) is 25.5. The topological polar surface area (TPSA) is 520 Å². The highest BCUT2D eigenvalue weighted by molar-refractivity contribution is 6.04. The van der Waals surface area contributed by atoms with E-state index >= 15 is 0 Å². The average molecular weight is 1650 g/mol. The Balaban J connectivity index is 0.000000201. The second kappa shape index (κ2) is 50.9. The normalized spacial score (nSPS) is 10.6. The number of aromatic nitrogens is 4. The van der Waals surface area contributed by atoms with Crippen molar-refractivity contribution in [2.45, 2.75) is 7.43 Å². The van der Waals surface area contributed by atoms with Gasteiger partial charge in [-0.2, -0.15) is 15.8 Å². The van der Waals surface area contributed by atoms with Crippen molar-refractivity contribution < 1.29 is 59.1 Å². The maximum atomic E-state index is 11.3. The molecular weight excluding hydrogens is 1560 g/mol. The molecule has 0 bridgehead atoms. The summed E-state index contributed by atoms with van der Waals surface area (Å²) in [6.45, 7) is 9.90. The van der Waals surface area contributed by atoms with Crippen LogP contribution in [0.3, 0.4) is 0 Å². The molecule has 0 spiro atoms. The van der Waals surface area contributed by atoms with Gasteiger partial charge in [-0.15, -0.1) is 6.42 Å². The zero-order valence-electron chi connectivity index (χ0n) is 65.3. The molecule has 0 aliphatic rings. The summed E-state index contributed by atoms with van der Waals surface area (Å²) in [6, 6.07) is 53.8. The summed E-state index contributed by atoms with van der Waals surface area (Å²) in [4.78, 5) is 98.9. The minimum atomic E-state index is -0.546. The summed E-state index contributed by atoms with van der Waals surface area (Å²) in [6.07, 6.45) is 5.15. The molecule has 13 aromatic rings. The summed E-state index contributed by atoms with van der Waals surface area (Å²) in [5.74, 6) is 2.26. The van der Waals surface area contributed by atoms with E-state index in [2.05, 4.69) is 94.2 Å². The van der Waals surface area contributed by atoms with Gasteiger partial charge in [0, 0.05) is 116 Å². The average Bonchev–Trinajstić information content (AvgIpc) is 1.69. The van der Waals surface area contributed by atoms with Crippen LogP contribution >= 0.6 is 0 Å². The fraction of sp³-hybridized carbons (Fsp3) is 0.284. The van der Waals surface area contributed by atoms with Crippen LogP contribution in [-0.4, -0.2) is 209 Å². The Kier molecular flexibility index (Phi) is 39.8. The monoisotopic (exact) mass is 1650 g/mol. The Bertz CT molecular complexity index is 5340. The lowest BCUT2D eigenvalue weighted by molar-refractivity contribution is 0.0992. The third-order valence-corrected chi connectivity index (χ3v) is 17.7. The number of ether oxygens (including phenoxy) is 6. The van der Waals surface area contributed by atoms with Crippen molar-refractivity contribution in [1.29, 1.82) is 15.8 Å². The van der Waals surface area contributed by atoms with Gasteiger partial charge in [0.1, 0.15) is 29.4 Å². The van der Waals surface area contributed by atoms with E-state index in [9.17, 15) is 38.4 Å². The number of aromatic amines is 4. The molecule has 33 heteroatoms. The van der Waals surface area contributed by atoms with Crippen molar-refractivity contribution in [3.8, 4) is 30.6 Å². The molecule has 0 aliphatic carbocycles. The van der Waals surface area contributed by atoms with E-state index < -0.39 is 44.5 Å². The number of nitrogens with one attached hydrogen (secondary N) is 10. The highest BCUT2D eigenvalue weighted by Gasteiger charge is 2.16. The van der Waals surface area contributed by atoms with Gasteiger partial charge < -0.3 is 91.0 Å². The zero-order chi connectivity index (χ0) is 86.0. The number of H-pyrrole nitrogens is 4. The first-order valence-electron chi connectivity index (χ1n) is 37.9. The zero-order valence-corrected chi connectivity index (χ0v) is 65.3. The molecule has 16 N–H and O–H groups in total. The molecule has 9 aromatic carbocycles. The van der Waals surface area contributed by atoms with Gasteiger partial charge in [0.05, 0.1) is 162 Å². The predicted octanol–water partition coefficient (Wildman–Crippen LogP) is 3.80. The number of anilines is 6. The number of benzene rings is 9. The molecule has 0 fully saturated rings. The summed E-state index contributed by atoms with van der Waals surface area (Å²) in [5.41, 5.74) is 2.22. The van der Waals surface area contributed by atoms with Crippen molar-refractivity contribution >= 4 is 121 Å². The number of rotatable bonds is 36. The van der Waals surface area contributed by atoms with Gasteiger partial charge in [0.25, 0.3) is 44.5 Å². The van der Waals surface area contributed by atoms with E-state index in [1.807, 2.05) is 78.9 Å². The number of aliphatic hydroxyl groups excluding tert-OH is 6. The maximum Gasteiger partial charge on any atom is 0.258 e. The van der Waals surface area contributed by atoms with Gasteiger partial charge >= 0.3 is 0 Å². The Morgan fingerprint density at radius 1 is 0.273 bits per heavy atom. The Morgan fingerprint density at radius 2 is 0.446 bits per heavy atom. The van der Waals surface area contributed by atoms with E-state index in [-0.39, 0.29) is 101 Å². The third kappa shape index (κ3) is 27.2. The lowest BCUT2D eigenvalue weighted by Gasteiger charge is -2.14. The molecule has 0 atom stereocenters. The molecule has 0 aliphatic heterocycles. The number of terminal acetylenes is 1. The van der Waals surface area contributed by atoms with Crippen LogP contribution in [0.1, 0.15) is 7.43 Å².